The van der Waals surface area contributed by atoms with Gasteiger partial charge in [-0.3, -0.25) is 4.79 Å². The van der Waals surface area contributed by atoms with Crippen LogP contribution >= 0.6 is 0 Å². The maximum absolute atomic E-state index is 11.0. The number of hydrogen-bond donors (Lipinski definition) is 2. The minimum atomic E-state index is -0.815. The van der Waals surface area contributed by atoms with Crippen molar-refractivity contribution in [1.29, 1.82) is 0 Å². The second kappa shape index (κ2) is 4.28. The molecule has 0 amide bonds. The van der Waals surface area contributed by atoms with Gasteiger partial charge in [0.25, 0.3) is 0 Å². The zero-order chi connectivity index (χ0) is 10.8. The van der Waals surface area contributed by atoms with Gasteiger partial charge in [-0.2, -0.15) is 0 Å². The van der Waals surface area contributed by atoms with E-state index in [0.717, 1.165) is 13.1 Å². The van der Waals surface area contributed by atoms with Crippen LogP contribution in [0.15, 0.2) is 0 Å². The third-order valence-corrected chi connectivity index (χ3v) is 3.07. The van der Waals surface area contributed by atoms with E-state index in [2.05, 4.69) is 17.1 Å². The number of likely N-dealkylation sites (N-methyl/N-ethyl adjacent to an activating group) is 1. The van der Waals surface area contributed by atoms with E-state index in [1.165, 1.54) is 6.42 Å². The molecule has 1 fully saturated rings. The van der Waals surface area contributed by atoms with Crippen LogP contribution in [0.1, 0.15) is 20.3 Å². The number of carbonyl (C=O) groups is 1. The van der Waals surface area contributed by atoms with Crippen molar-refractivity contribution in [3.05, 3.63) is 0 Å². The Balaban J connectivity index is 2.52. The van der Waals surface area contributed by atoms with E-state index in [9.17, 15) is 4.79 Å². The lowest BCUT2D eigenvalue weighted by Crippen LogP contribution is -2.55. The van der Waals surface area contributed by atoms with E-state index in [-0.39, 0.29) is 0 Å². The van der Waals surface area contributed by atoms with Crippen LogP contribution in [-0.2, 0) is 4.79 Å². The van der Waals surface area contributed by atoms with Crippen molar-refractivity contribution in [3.8, 4) is 0 Å². The number of carboxylic acid groups (broad SMARTS) is 1. The molecule has 0 saturated carbocycles. The van der Waals surface area contributed by atoms with Gasteiger partial charge in [-0.1, -0.05) is 6.92 Å². The summed E-state index contributed by atoms with van der Waals surface area (Å²) in [4.78, 5) is 13.2. The van der Waals surface area contributed by atoms with Gasteiger partial charge in [0.15, 0.2) is 0 Å². The van der Waals surface area contributed by atoms with Crippen LogP contribution in [-0.4, -0.2) is 48.2 Å². The summed E-state index contributed by atoms with van der Waals surface area (Å²) in [6.45, 7) is 6.56. The summed E-state index contributed by atoms with van der Waals surface area (Å²) in [6.07, 6.45) is 1.18. The number of rotatable bonds is 4. The molecule has 2 atom stereocenters. The average molecular weight is 200 g/mol. The van der Waals surface area contributed by atoms with Gasteiger partial charge in [-0.25, -0.2) is 0 Å². The van der Waals surface area contributed by atoms with Crippen molar-refractivity contribution in [3.63, 3.8) is 0 Å². The van der Waals surface area contributed by atoms with E-state index in [1.54, 1.807) is 14.0 Å². The van der Waals surface area contributed by atoms with Crippen molar-refractivity contribution < 1.29 is 9.90 Å². The van der Waals surface area contributed by atoms with Crippen molar-refractivity contribution in [2.75, 3.05) is 26.7 Å². The molecular weight excluding hydrogens is 180 g/mol. The largest absolute Gasteiger partial charge is 0.480 e. The van der Waals surface area contributed by atoms with Crippen LogP contribution in [0.3, 0.4) is 0 Å². The quantitative estimate of drug-likeness (QED) is 0.689. The Labute approximate surface area is 85.3 Å². The first-order chi connectivity index (χ1) is 6.48. The van der Waals surface area contributed by atoms with Crippen LogP contribution < -0.4 is 5.32 Å². The van der Waals surface area contributed by atoms with Crippen LogP contribution in [0.25, 0.3) is 0 Å². The number of nitrogens with one attached hydrogen (secondary N) is 1. The number of hydrogen-bond acceptors (Lipinski definition) is 3. The summed E-state index contributed by atoms with van der Waals surface area (Å²) in [5, 5.41) is 11.9. The number of nitrogens with zero attached hydrogens (tertiary/aromatic N) is 1. The zero-order valence-corrected chi connectivity index (χ0v) is 9.21. The first-order valence-corrected chi connectivity index (χ1v) is 5.12. The highest BCUT2D eigenvalue weighted by atomic mass is 16.4. The van der Waals surface area contributed by atoms with E-state index in [0.29, 0.717) is 12.5 Å². The molecule has 0 aliphatic carbocycles. The molecule has 4 heteroatoms. The molecule has 0 radical (unpaired) electrons. The van der Waals surface area contributed by atoms with E-state index in [1.807, 2.05) is 0 Å². The minimum Gasteiger partial charge on any atom is -0.480 e. The lowest BCUT2D eigenvalue weighted by Gasteiger charge is -2.29. The van der Waals surface area contributed by atoms with Crippen LogP contribution in [0.2, 0.25) is 0 Å². The maximum atomic E-state index is 11.0. The first kappa shape index (κ1) is 11.5. The predicted molar refractivity (Wildman–Crippen MR) is 55.3 cm³/mol. The molecule has 0 bridgehead atoms. The SMILES string of the molecule is CNC(C)(CN1CCC(C)C1)C(=O)O. The van der Waals surface area contributed by atoms with Crippen molar-refractivity contribution in [2.24, 2.45) is 5.92 Å². The molecular formula is C10H20N2O2. The Kier molecular flexibility index (Phi) is 3.50. The van der Waals surface area contributed by atoms with Gasteiger partial charge >= 0.3 is 5.97 Å². The third-order valence-electron chi connectivity index (χ3n) is 3.07. The Morgan fingerprint density at radius 2 is 2.36 bits per heavy atom. The normalized spacial score (nSPS) is 27.5. The highest BCUT2D eigenvalue weighted by Crippen LogP contribution is 2.17. The molecule has 0 aromatic carbocycles. The number of likely N-dealkylation sites (tertiary alicyclic amines) is 1. The summed E-state index contributed by atoms with van der Waals surface area (Å²) in [5.41, 5.74) is -0.815. The molecule has 1 aliphatic heterocycles. The fourth-order valence-corrected chi connectivity index (χ4v) is 1.87. The first-order valence-electron chi connectivity index (χ1n) is 5.12. The molecule has 0 aromatic heterocycles. The van der Waals surface area contributed by atoms with Crippen molar-refractivity contribution in [1.82, 2.24) is 10.2 Å². The zero-order valence-electron chi connectivity index (χ0n) is 9.21. The molecule has 0 aromatic rings. The molecule has 1 rings (SSSR count). The molecule has 1 saturated heterocycles. The van der Waals surface area contributed by atoms with Crippen LogP contribution in [0.5, 0.6) is 0 Å². The highest BCUT2D eigenvalue weighted by Gasteiger charge is 2.34. The Hall–Kier alpha value is -0.610. The van der Waals surface area contributed by atoms with Gasteiger partial charge in [0.05, 0.1) is 0 Å². The topological polar surface area (TPSA) is 52.6 Å². The maximum Gasteiger partial charge on any atom is 0.324 e. The Bertz CT molecular complexity index is 220. The number of carboxylic acids is 1. The lowest BCUT2D eigenvalue weighted by molar-refractivity contribution is -0.144. The smallest absolute Gasteiger partial charge is 0.324 e. The van der Waals surface area contributed by atoms with E-state index in [4.69, 9.17) is 5.11 Å². The molecule has 14 heavy (non-hydrogen) atoms. The van der Waals surface area contributed by atoms with E-state index < -0.39 is 11.5 Å². The average Bonchev–Trinajstić information content (AvgIpc) is 2.50. The summed E-state index contributed by atoms with van der Waals surface area (Å²) in [5.74, 6) is -0.0792. The standard InChI is InChI=1S/C10H20N2O2/c1-8-4-5-12(6-8)7-10(2,11-3)9(13)14/h8,11H,4-7H2,1-3H3,(H,13,14). The molecule has 2 unspecified atom stereocenters. The van der Waals surface area contributed by atoms with Crippen molar-refractivity contribution in [2.45, 2.75) is 25.8 Å². The molecule has 2 N–H and O–H groups in total. The second-order valence-electron chi connectivity index (χ2n) is 4.52. The fourth-order valence-electron chi connectivity index (χ4n) is 1.87. The summed E-state index contributed by atoms with van der Waals surface area (Å²) in [7, 11) is 1.70. The lowest BCUT2D eigenvalue weighted by atomic mass is 10.0. The van der Waals surface area contributed by atoms with Gasteiger partial charge < -0.3 is 15.3 Å². The van der Waals surface area contributed by atoms with Crippen molar-refractivity contribution >= 4 is 5.97 Å². The summed E-state index contributed by atoms with van der Waals surface area (Å²) < 4.78 is 0. The predicted octanol–water partition coefficient (Wildman–Crippen LogP) is 0.391. The van der Waals surface area contributed by atoms with Gasteiger partial charge in [0.1, 0.15) is 5.54 Å². The molecule has 0 spiro atoms. The van der Waals surface area contributed by atoms with Gasteiger partial charge in [-0.15, -0.1) is 0 Å². The third kappa shape index (κ3) is 2.45. The monoisotopic (exact) mass is 200 g/mol. The molecule has 4 nitrogen and oxygen atoms in total. The van der Waals surface area contributed by atoms with Crippen LogP contribution in [0, 0.1) is 5.92 Å². The summed E-state index contributed by atoms with van der Waals surface area (Å²) >= 11 is 0. The minimum absolute atomic E-state index is 0.586. The Morgan fingerprint density at radius 1 is 1.71 bits per heavy atom. The molecule has 1 aliphatic rings. The number of aliphatic carboxylic acids is 1. The van der Waals surface area contributed by atoms with Gasteiger partial charge in [0.2, 0.25) is 0 Å². The van der Waals surface area contributed by atoms with Gasteiger partial charge in [-0.05, 0) is 32.9 Å². The highest BCUT2D eigenvalue weighted by molar-refractivity contribution is 5.78. The molecule has 1 heterocycles. The van der Waals surface area contributed by atoms with Crippen LogP contribution in [0.4, 0.5) is 0 Å². The van der Waals surface area contributed by atoms with E-state index >= 15 is 0 Å². The fraction of sp³-hybridized carbons (Fsp3) is 0.900. The second-order valence-corrected chi connectivity index (χ2v) is 4.52. The Morgan fingerprint density at radius 3 is 2.71 bits per heavy atom. The summed E-state index contributed by atoms with van der Waals surface area (Å²) in [6, 6.07) is 0. The molecule has 82 valence electrons. The van der Waals surface area contributed by atoms with Gasteiger partial charge in [0, 0.05) is 13.1 Å².